The van der Waals surface area contributed by atoms with Gasteiger partial charge in [-0.25, -0.2) is 23.0 Å². The first kappa shape index (κ1) is 31.8. The van der Waals surface area contributed by atoms with Crippen LogP contribution in [0.5, 0.6) is 0 Å². The lowest BCUT2D eigenvalue weighted by Gasteiger charge is -2.39. The Morgan fingerprint density at radius 2 is 1.79 bits per heavy atom. The number of aromatic nitrogens is 1. The number of halogens is 5. The molecule has 2 atom stereocenters. The second-order valence-electron chi connectivity index (χ2n) is 10.00. The van der Waals surface area contributed by atoms with Crippen LogP contribution in [0.1, 0.15) is 44.7 Å². The minimum atomic E-state index is -2.94. The van der Waals surface area contributed by atoms with Gasteiger partial charge in [0.25, 0.3) is 11.8 Å². The third kappa shape index (κ3) is 6.45. The van der Waals surface area contributed by atoms with E-state index >= 15 is 0 Å². The third-order valence-corrected chi connectivity index (χ3v) is 7.80. The molecular weight excluding hydrogens is 606 g/mol. The molecule has 1 N–H and O–H groups in total. The number of carbonyl (C=O) groups is 3. The second kappa shape index (κ2) is 12.6. The Morgan fingerprint density at radius 3 is 2.42 bits per heavy atom. The first-order valence-corrected chi connectivity index (χ1v) is 13.6. The molecule has 5 rings (SSSR count). The van der Waals surface area contributed by atoms with Crippen molar-refractivity contribution < 1.29 is 27.6 Å². The van der Waals surface area contributed by atoms with E-state index in [0.717, 1.165) is 21.9 Å². The molecule has 2 fully saturated rings. The topological polar surface area (TPSA) is 87.0 Å². The van der Waals surface area contributed by atoms with Crippen LogP contribution < -0.4 is 15.1 Å². The SMILES string of the molecule is C.[C-]#[N+]c1ccnc(N2C(=O)CC[C@H]2C(=O)N(c2cccc(F)c2)[C@@H](C(=O)NC2CC(F)(F)C2)c2c(Cl)cccc2Cl)c1. The molecule has 3 aromatic rings. The zero-order valence-corrected chi connectivity index (χ0v) is 23.2. The van der Waals surface area contributed by atoms with Crippen molar-refractivity contribution in [3.8, 4) is 0 Å². The van der Waals surface area contributed by atoms with E-state index in [1.807, 2.05) is 0 Å². The Labute approximate surface area is 256 Å². The average Bonchev–Trinajstić information content (AvgIpc) is 3.32. The van der Waals surface area contributed by atoms with Crippen LogP contribution in [0, 0.1) is 12.4 Å². The number of benzene rings is 2. The molecule has 0 spiro atoms. The van der Waals surface area contributed by atoms with Gasteiger partial charge in [0, 0.05) is 52.8 Å². The number of rotatable bonds is 7. The summed E-state index contributed by atoms with van der Waals surface area (Å²) in [7, 11) is 0. The summed E-state index contributed by atoms with van der Waals surface area (Å²) >= 11 is 13.0. The Kier molecular flexibility index (Phi) is 9.32. The summed E-state index contributed by atoms with van der Waals surface area (Å²) in [5.41, 5.74) is 0.119. The lowest BCUT2D eigenvalue weighted by molar-refractivity contribution is -0.133. The quantitative estimate of drug-likeness (QED) is 0.287. The molecule has 1 saturated carbocycles. The smallest absolute Gasteiger partial charge is 0.252 e. The van der Waals surface area contributed by atoms with Gasteiger partial charge in [-0.2, -0.15) is 0 Å². The van der Waals surface area contributed by atoms with Gasteiger partial charge in [-0.15, -0.1) is 0 Å². The first-order valence-electron chi connectivity index (χ1n) is 12.9. The predicted molar refractivity (Wildman–Crippen MR) is 157 cm³/mol. The number of nitrogens with zero attached hydrogens (tertiary/aromatic N) is 4. The van der Waals surface area contributed by atoms with Gasteiger partial charge >= 0.3 is 0 Å². The number of pyridine rings is 1. The summed E-state index contributed by atoms with van der Waals surface area (Å²) in [6, 6.07) is 8.38. The number of amides is 3. The number of hydrogen-bond donors (Lipinski definition) is 1. The largest absolute Gasteiger partial charge is 0.351 e. The summed E-state index contributed by atoms with van der Waals surface area (Å²) in [6.07, 6.45) is 0.118. The summed E-state index contributed by atoms with van der Waals surface area (Å²) in [6.45, 7) is 7.30. The van der Waals surface area contributed by atoms with Crippen molar-refractivity contribution in [3.05, 3.63) is 93.6 Å². The van der Waals surface area contributed by atoms with Crippen molar-refractivity contribution in [2.45, 2.75) is 57.2 Å². The maximum absolute atomic E-state index is 14.6. The van der Waals surface area contributed by atoms with E-state index < -0.39 is 60.4 Å². The van der Waals surface area contributed by atoms with Gasteiger partial charge in [-0.3, -0.25) is 24.2 Å². The van der Waals surface area contributed by atoms with Crippen LogP contribution >= 0.6 is 23.2 Å². The molecule has 2 aromatic carbocycles. The first-order chi connectivity index (χ1) is 20.0. The summed E-state index contributed by atoms with van der Waals surface area (Å²) in [4.78, 5) is 51.1. The Balaban J connectivity index is 0.00000423. The molecule has 2 aliphatic rings. The van der Waals surface area contributed by atoms with Crippen LogP contribution in [0.2, 0.25) is 10.0 Å². The van der Waals surface area contributed by atoms with E-state index in [2.05, 4.69) is 15.1 Å². The minimum absolute atomic E-state index is 0. The maximum Gasteiger partial charge on any atom is 0.252 e. The molecule has 43 heavy (non-hydrogen) atoms. The molecule has 3 amide bonds. The van der Waals surface area contributed by atoms with Gasteiger partial charge in [0.05, 0.1) is 6.57 Å². The molecule has 0 unspecified atom stereocenters. The molecule has 0 radical (unpaired) electrons. The molecule has 1 saturated heterocycles. The third-order valence-electron chi connectivity index (χ3n) is 7.14. The standard InChI is InChI=1S/C29H22Cl2F3N5O3.CH4/c1-35-17-10-11-36-23(13-17)39-22(8-9-24(39)40)28(42)38(19-5-2-4-16(32)12-19)26(25-20(30)6-3-7-21(25)31)27(41)37-18-14-29(33,34)15-18;/h2-7,10-13,18,22,26H,8-9,14-15H2,(H,37,41);1H4/t22-,26+;/m0./s1. The lowest BCUT2D eigenvalue weighted by atomic mass is 9.87. The number of nitrogens with one attached hydrogen (secondary N) is 1. The van der Waals surface area contributed by atoms with Crippen molar-refractivity contribution in [3.63, 3.8) is 0 Å². The molecule has 2 heterocycles. The highest BCUT2D eigenvalue weighted by Gasteiger charge is 2.49. The summed E-state index contributed by atoms with van der Waals surface area (Å²) < 4.78 is 41.8. The van der Waals surface area contributed by atoms with Crippen LogP contribution in [0.15, 0.2) is 60.8 Å². The normalized spacial score (nSPS) is 18.2. The summed E-state index contributed by atoms with van der Waals surface area (Å²) in [5.74, 6) is -5.72. The van der Waals surface area contributed by atoms with Gasteiger partial charge in [0.15, 0.2) is 5.69 Å². The van der Waals surface area contributed by atoms with Crippen molar-refractivity contribution in [2.75, 3.05) is 9.80 Å². The summed E-state index contributed by atoms with van der Waals surface area (Å²) in [5, 5.41) is 2.55. The molecule has 8 nitrogen and oxygen atoms in total. The highest BCUT2D eigenvalue weighted by atomic mass is 35.5. The van der Waals surface area contributed by atoms with Crippen molar-refractivity contribution >= 4 is 58.1 Å². The van der Waals surface area contributed by atoms with Gasteiger partial charge in [0.2, 0.25) is 11.8 Å². The van der Waals surface area contributed by atoms with Gasteiger partial charge in [-0.05, 0) is 48.9 Å². The Morgan fingerprint density at radius 1 is 1.12 bits per heavy atom. The fourth-order valence-corrected chi connectivity index (χ4v) is 5.80. The highest BCUT2D eigenvalue weighted by Crippen LogP contribution is 2.41. The van der Waals surface area contributed by atoms with E-state index in [1.54, 1.807) is 0 Å². The predicted octanol–water partition coefficient (Wildman–Crippen LogP) is 6.90. The fraction of sp³-hybridized carbons (Fsp3) is 0.300. The van der Waals surface area contributed by atoms with Crippen LogP contribution in [0.25, 0.3) is 4.85 Å². The molecule has 13 heteroatoms. The zero-order chi connectivity index (χ0) is 30.2. The number of carbonyl (C=O) groups excluding carboxylic acids is 3. The van der Waals surface area contributed by atoms with Crippen molar-refractivity contribution in [2.24, 2.45) is 0 Å². The fourth-order valence-electron chi connectivity index (χ4n) is 5.20. The number of alkyl halides is 2. The molecule has 1 aromatic heterocycles. The van der Waals surface area contributed by atoms with Gasteiger partial charge in [-0.1, -0.05) is 42.8 Å². The number of hydrogen-bond acceptors (Lipinski definition) is 4. The minimum Gasteiger partial charge on any atom is -0.351 e. The van der Waals surface area contributed by atoms with E-state index in [9.17, 15) is 27.6 Å². The molecule has 1 aliphatic carbocycles. The van der Waals surface area contributed by atoms with E-state index in [4.69, 9.17) is 29.8 Å². The molecule has 224 valence electrons. The van der Waals surface area contributed by atoms with Crippen LogP contribution in [0.3, 0.4) is 0 Å². The van der Waals surface area contributed by atoms with Gasteiger partial charge in [0.1, 0.15) is 23.7 Å². The van der Waals surface area contributed by atoms with E-state index in [0.29, 0.717) is 0 Å². The van der Waals surface area contributed by atoms with Crippen LogP contribution in [-0.4, -0.2) is 40.7 Å². The molecule has 0 bridgehead atoms. The van der Waals surface area contributed by atoms with Crippen LogP contribution in [-0.2, 0) is 14.4 Å². The second-order valence-corrected chi connectivity index (χ2v) is 10.8. The number of anilines is 2. The maximum atomic E-state index is 14.6. The van der Waals surface area contributed by atoms with Crippen molar-refractivity contribution in [1.29, 1.82) is 0 Å². The zero-order valence-electron chi connectivity index (χ0n) is 21.7. The average molecular weight is 632 g/mol. The highest BCUT2D eigenvalue weighted by molar-refractivity contribution is 6.36. The molecular formula is C30H26Cl2F3N5O3. The van der Waals surface area contributed by atoms with Crippen molar-refractivity contribution in [1.82, 2.24) is 10.3 Å². The van der Waals surface area contributed by atoms with Crippen LogP contribution in [0.4, 0.5) is 30.4 Å². The molecule has 1 aliphatic heterocycles. The Hall–Kier alpha value is -4.14. The van der Waals surface area contributed by atoms with E-state index in [-0.39, 0.29) is 53.1 Å². The Bertz CT molecular complexity index is 1590. The van der Waals surface area contributed by atoms with E-state index in [1.165, 1.54) is 48.7 Å². The lowest BCUT2D eigenvalue weighted by Crippen LogP contribution is -2.56. The monoisotopic (exact) mass is 631 g/mol. The van der Waals surface area contributed by atoms with Gasteiger partial charge < -0.3 is 5.32 Å².